The van der Waals surface area contributed by atoms with Gasteiger partial charge in [-0.3, -0.25) is 9.80 Å². The predicted octanol–water partition coefficient (Wildman–Crippen LogP) is 2.92. The minimum Gasteiger partial charge on any atom is -0.309 e. The molecule has 1 unspecified atom stereocenters. The lowest BCUT2D eigenvalue weighted by Gasteiger charge is -2.26. The Hall–Kier alpha value is -0.420. The van der Waals surface area contributed by atoms with Crippen LogP contribution in [0.15, 0.2) is 12.1 Å². The summed E-state index contributed by atoms with van der Waals surface area (Å²) in [4.78, 5) is 8.27. The number of nitrogens with zero attached hydrogens (tertiary/aromatic N) is 2. The largest absolute Gasteiger partial charge is 0.309 e. The zero-order valence-corrected chi connectivity index (χ0v) is 14.3. The predicted molar refractivity (Wildman–Crippen MR) is 90.8 cm³/mol. The molecule has 1 aliphatic carbocycles. The van der Waals surface area contributed by atoms with Gasteiger partial charge in [0.25, 0.3) is 0 Å². The molecule has 1 saturated carbocycles. The van der Waals surface area contributed by atoms with Gasteiger partial charge in [0.05, 0.1) is 0 Å². The van der Waals surface area contributed by atoms with Crippen LogP contribution in [0.1, 0.15) is 42.9 Å². The summed E-state index contributed by atoms with van der Waals surface area (Å²) in [5.74, 6) is 0. The first-order valence-electron chi connectivity index (χ1n) is 8.55. The van der Waals surface area contributed by atoms with Crippen molar-refractivity contribution in [3.8, 4) is 0 Å². The van der Waals surface area contributed by atoms with Gasteiger partial charge in [-0.25, -0.2) is 0 Å². The van der Waals surface area contributed by atoms with Gasteiger partial charge in [-0.15, -0.1) is 11.3 Å². The summed E-state index contributed by atoms with van der Waals surface area (Å²) in [6.45, 7) is 11.7. The fourth-order valence-corrected chi connectivity index (χ4v) is 4.36. The summed E-state index contributed by atoms with van der Waals surface area (Å²) in [5.41, 5.74) is 0. The van der Waals surface area contributed by atoms with Crippen LogP contribution in [0.25, 0.3) is 0 Å². The van der Waals surface area contributed by atoms with Gasteiger partial charge in [0.1, 0.15) is 0 Å². The van der Waals surface area contributed by atoms with E-state index in [0.29, 0.717) is 0 Å². The van der Waals surface area contributed by atoms with E-state index in [9.17, 15) is 0 Å². The fourth-order valence-electron chi connectivity index (χ4n) is 3.35. The summed E-state index contributed by atoms with van der Waals surface area (Å²) < 4.78 is 0. The monoisotopic (exact) mass is 307 g/mol. The van der Waals surface area contributed by atoms with Gasteiger partial charge in [-0.2, -0.15) is 0 Å². The first-order valence-corrected chi connectivity index (χ1v) is 9.37. The van der Waals surface area contributed by atoms with Crippen molar-refractivity contribution in [1.82, 2.24) is 15.1 Å². The smallest absolute Gasteiger partial charge is 0.0328 e. The molecule has 0 amide bonds. The van der Waals surface area contributed by atoms with Crippen molar-refractivity contribution in [2.45, 2.75) is 58.3 Å². The molecule has 21 heavy (non-hydrogen) atoms. The Balaban J connectivity index is 1.45. The van der Waals surface area contributed by atoms with Crippen molar-refractivity contribution in [2.24, 2.45) is 0 Å². The Morgan fingerprint density at radius 2 is 1.95 bits per heavy atom. The van der Waals surface area contributed by atoms with Gasteiger partial charge in [0.2, 0.25) is 0 Å². The molecule has 2 heterocycles. The lowest BCUT2D eigenvalue weighted by molar-refractivity contribution is 0.209. The van der Waals surface area contributed by atoms with E-state index >= 15 is 0 Å². The fraction of sp³-hybridized carbons (Fsp3) is 0.765. The molecule has 118 valence electrons. The van der Waals surface area contributed by atoms with E-state index in [-0.39, 0.29) is 0 Å². The average molecular weight is 308 g/mol. The van der Waals surface area contributed by atoms with Crippen molar-refractivity contribution in [3.63, 3.8) is 0 Å². The number of rotatable bonds is 8. The number of hydrogen-bond donors (Lipinski definition) is 1. The Bertz CT molecular complexity index is 437. The van der Waals surface area contributed by atoms with Gasteiger partial charge in [-0.1, -0.05) is 13.8 Å². The first kappa shape index (κ1) is 15.5. The van der Waals surface area contributed by atoms with E-state index in [1.54, 1.807) is 0 Å². The van der Waals surface area contributed by atoms with Crippen molar-refractivity contribution < 1.29 is 0 Å². The third-order valence-corrected chi connectivity index (χ3v) is 5.89. The summed E-state index contributed by atoms with van der Waals surface area (Å²) >= 11 is 1.99. The van der Waals surface area contributed by atoms with Crippen LogP contribution in [0.3, 0.4) is 0 Å². The molecule has 0 radical (unpaired) electrons. The minimum absolute atomic E-state index is 0.774. The SMILES string of the molecule is CCN(CC)C1CCN(Cc2ccc(CNC3CC3)s2)C1. The van der Waals surface area contributed by atoms with Gasteiger partial charge < -0.3 is 5.32 Å². The van der Waals surface area contributed by atoms with Crippen LogP contribution in [0.5, 0.6) is 0 Å². The topological polar surface area (TPSA) is 18.5 Å². The quantitative estimate of drug-likeness (QED) is 0.797. The van der Waals surface area contributed by atoms with Gasteiger partial charge in [0, 0.05) is 48.0 Å². The Labute approximate surface area is 133 Å². The minimum atomic E-state index is 0.774. The molecule has 1 aromatic rings. The molecule has 1 atom stereocenters. The van der Waals surface area contributed by atoms with Crippen molar-refractivity contribution in [2.75, 3.05) is 26.2 Å². The molecule has 1 aliphatic heterocycles. The van der Waals surface area contributed by atoms with Crippen LogP contribution < -0.4 is 5.32 Å². The van der Waals surface area contributed by atoms with E-state index < -0.39 is 0 Å². The third-order valence-electron chi connectivity index (χ3n) is 4.82. The second kappa shape index (κ2) is 7.23. The summed E-state index contributed by atoms with van der Waals surface area (Å²) in [6, 6.07) is 6.23. The van der Waals surface area contributed by atoms with Crippen LogP contribution in [-0.2, 0) is 13.1 Å². The Morgan fingerprint density at radius 3 is 2.67 bits per heavy atom. The number of likely N-dealkylation sites (tertiary alicyclic amines) is 1. The van der Waals surface area contributed by atoms with E-state index in [4.69, 9.17) is 0 Å². The summed E-state index contributed by atoms with van der Waals surface area (Å²) in [7, 11) is 0. The highest BCUT2D eigenvalue weighted by Crippen LogP contribution is 2.24. The van der Waals surface area contributed by atoms with E-state index in [0.717, 1.165) is 25.2 Å². The Morgan fingerprint density at radius 1 is 1.19 bits per heavy atom. The molecule has 2 fully saturated rings. The molecular weight excluding hydrogens is 278 g/mol. The molecule has 0 bridgehead atoms. The zero-order chi connectivity index (χ0) is 14.7. The molecule has 3 nitrogen and oxygen atoms in total. The summed E-state index contributed by atoms with van der Waals surface area (Å²) in [6.07, 6.45) is 4.08. The standard InChI is InChI=1S/C17H29N3S/c1-3-20(4-2)15-9-10-19(12-15)13-17-8-7-16(21-17)11-18-14-5-6-14/h7-8,14-15,18H,3-6,9-13H2,1-2H3. The number of nitrogens with one attached hydrogen (secondary N) is 1. The number of likely N-dealkylation sites (N-methyl/N-ethyl adjacent to an activating group) is 1. The van der Waals surface area contributed by atoms with Crippen LogP contribution in [0.2, 0.25) is 0 Å². The zero-order valence-electron chi connectivity index (χ0n) is 13.5. The highest BCUT2D eigenvalue weighted by Gasteiger charge is 2.26. The molecule has 2 aliphatic rings. The molecule has 3 rings (SSSR count). The Kier molecular flexibility index (Phi) is 5.33. The third kappa shape index (κ3) is 4.28. The van der Waals surface area contributed by atoms with Crippen molar-refractivity contribution >= 4 is 11.3 Å². The van der Waals surface area contributed by atoms with Crippen LogP contribution >= 0.6 is 11.3 Å². The number of thiophene rings is 1. The van der Waals surface area contributed by atoms with Crippen molar-refractivity contribution in [1.29, 1.82) is 0 Å². The second-order valence-electron chi connectivity index (χ2n) is 6.42. The maximum Gasteiger partial charge on any atom is 0.0328 e. The highest BCUT2D eigenvalue weighted by molar-refractivity contribution is 7.11. The molecule has 4 heteroatoms. The maximum atomic E-state index is 3.61. The van der Waals surface area contributed by atoms with E-state index in [1.807, 2.05) is 11.3 Å². The summed E-state index contributed by atoms with van der Waals surface area (Å²) in [5, 5.41) is 3.61. The van der Waals surface area contributed by atoms with Gasteiger partial charge in [-0.05, 0) is 44.5 Å². The van der Waals surface area contributed by atoms with E-state index in [1.165, 1.54) is 55.2 Å². The van der Waals surface area contributed by atoms with Crippen LogP contribution in [0.4, 0.5) is 0 Å². The highest BCUT2D eigenvalue weighted by atomic mass is 32.1. The molecule has 0 aromatic carbocycles. The lowest BCUT2D eigenvalue weighted by Crippen LogP contribution is -2.37. The molecule has 1 saturated heterocycles. The second-order valence-corrected chi connectivity index (χ2v) is 7.67. The van der Waals surface area contributed by atoms with Crippen molar-refractivity contribution in [3.05, 3.63) is 21.9 Å². The maximum absolute atomic E-state index is 3.61. The van der Waals surface area contributed by atoms with Gasteiger partial charge >= 0.3 is 0 Å². The van der Waals surface area contributed by atoms with Crippen LogP contribution in [0, 0.1) is 0 Å². The van der Waals surface area contributed by atoms with E-state index in [2.05, 4.69) is 41.1 Å². The first-order chi connectivity index (χ1) is 10.3. The number of hydrogen-bond acceptors (Lipinski definition) is 4. The average Bonchev–Trinajstić information content (AvgIpc) is 3.04. The van der Waals surface area contributed by atoms with Gasteiger partial charge in [0.15, 0.2) is 0 Å². The molecule has 1 N–H and O–H groups in total. The van der Waals surface area contributed by atoms with Crippen LogP contribution in [-0.4, -0.2) is 48.1 Å². The normalized spacial score (nSPS) is 23.3. The molecule has 1 aromatic heterocycles. The lowest BCUT2D eigenvalue weighted by atomic mass is 10.2. The molecule has 0 spiro atoms. The molecular formula is C17H29N3S.